The van der Waals surface area contributed by atoms with Gasteiger partial charge >= 0.3 is 0 Å². The van der Waals surface area contributed by atoms with E-state index in [0.717, 1.165) is 25.1 Å². The molecule has 1 saturated heterocycles. The zero-order chi connectivity index (χ0) is 15.6. The van der Waals surface area contributed by atoms with Crippen molar-refractivity contribution in [1.82, 2.24) is 9.80 Å². The lowest BCUT2D eigenvalue weighted by atomic mass is 9.79. The monoisotopic (exact) mass is 300 g/mol. The summed E-state index contributed by atoms with van der Waals surface area (Å²) < 4.78 is 0. The third kappa shape index (κ3) is 2.79. The van der Waals surface area contributed by atoms with Gasteiger partial charge in [-0.15, -0.1) is 0 Å². The van der Waals surface area contributed by atoms with Crippen molar-refractivity contribution >= 4 is 5.91 Å². The van der Waals surface area contributed by atoms with Gasteiger partial charge in [-0.3, -0.25) is 4.79 Å². The summed E-state index contributed by atoms with van der Waals surface area (Å²) in [4.78, 5) is 17.7. The molecule has 1 heterocycles. The number of rotatable bonds is 3. The first-order valence-corrected chi connectivity index (χ1v) is 8.73. The van der Waals surface area contributed by atoms with Crippen molar-refractivity contribution in [2.45, 2.75) is 57.0 Å². The van der Waals surface area contributed by atoms with Crippen molar-refractivity contribution in [3.63, 3.8) is 0 Å². The van der Waals surface area contributed by atoms with Crippen molar-refractivity contribution in [1.29, 1.82) is 0 Å². The summed E-state index contributed by atoms with van der Waals surface area (Å²) >= 11 is 0. The Labute approximate surface area is 134 Å². The number of likely N-dealkylation sites (N-methyl/N-ethyl adjacent to an activating group) is 1. The van der Waals surface area contributed by atoms with Crippen LogP contribution in [0, 0.1) is 0 Å². The third-order valence-electron chi connectivity index (χ3n) is 5.75. The van der Waals surface area contributed by atoms with E-state index < -0.39 is 0 Å². The van der Waals surface area contributed by atoms with Crippen LogP contribution in [0.4, 0.5) is 0 Å². The normalized spacial score (nSPS) is 24.1. The van der Waals surface area contributed by atoms with Crippen LogP contribution in [-0.4, -0.2) is 47.4 Å². The molecule has 3 rings (SSSR count). The van der Waals surface area contributed by atoms with Crippen LogP contribution >= 0.6 is 0 Å². The molecule has 3 heteroatoms. The van der Waals surface area contributed by atoms with Gasteiger partial charge in [-0.2, -0.15) is 0 Å². The van der Waals surface area contributed by atoms with Crippen LogP contribution in [0.15, 0.2) is 30.3 Å². The lowest BCUT2D eigenvalue weighted by Crippen LogP contribution is -2.48. The van der Waals surface area contributed by atoms with Gasteiger partial charge < -0.3 is 9.80 Å². The van der Waals surface area contributed by atoms with Gasteiger partial charge in [0.1, 0.15) is 0 Å². The Bertz CT molecular complexity index is 507. The number of nitrogens with zero attached hydrogens (tertiary/aromatic N) is 2. The van der Waals surface area contributed by atoms with E-state index in [1.54, 1.807) is 0 Å². The standard InChI is InChI=1S/C19H28N2O/c1-3-20(2)17-14-19(12-8-5-9-13-19)21(15-17)18(22)16-10-6-4-7-11-16/h4,6-7,10-11,17H,3,5,8-9,12-15H2,1-2H3. The molecule has 0 N–H and O–H groups in total. The van der Waals surface area contributed by atoms with Gasteiger partial charge in [0.05, 0.1) is 0 Å². The molecule has 1 aliphatic carbocycles. The van der Waals surface area contributed by atoms with Crippen LogP contribution in [-0.2, 0) is 0 Å². The average Bonchev–Trinajstić information content (AvgIpc) is 2.93. The molecule has 0 aromatic heterocycles. The summed E-state index contributed by atoms with van der Waals surface area (Å²) in [5.41, 5.74) is 0.950. The van der Waals surface area contributed by atoms with E-state index in [-0.39, 0.29) is 11.4 Å². The summed E-state index contributed by atoms with van der Waals surface area (Å²) in [6.45, 7) is 4.14. The fourth-order valence-corrected chi connectivity index (χ4v) is 4.29. The van der Waals surface area contributed by atoms with Crippen molar-refractivity contribution in [2.24, 2.45) is 0 Å². The molecule has 120 valence electrons. The topological polar surface area (TPSA) is 23.6 Å². The minimum Gasteiger partial charge on any atom is -0.331 e. The van der Waals surface area contributed by atoms with Crippen molar-refractivity contribution in [2.75, 3.05) is 20.1 Å². The molecule has 1 amide bonds. The zero-order valence-electron chi connectivity index (χ0n) is 13.9. The van der Waals surface area contributed by atoms with Gasteiger partial charge in [0.15, 0.2) is 0 Å². The predicted octanol–water partition coefficient (Wildman–Crippen LogP) is 3.56. The van der Waals surface area contributed by atoms with E-state index >= 15 is 0 Å². The molecule has 22 heavy (non-hydrogen) atoms. The Morgan fingerprint density at radius 1 is 1.23 bits per heavy atom. The summed E-state index contributed by atoms with van der Waals surface area (Å²) in [6, 6.07) is 10.3. The van der Waals surface area contributed by atoms with E-state index in [9.17, 15) is 4.79 Å². The molecule has 2 fully saturated rings. The van der Waals surface area contributed by atoms with Crippen LogP contribution < -0.4 is 0 Å². The van der Waals surface area contributed by atoms with E-state index in [1.165, 1.54) is 32.1 Å². The first-order chi connectivity index (χ1) is 10.7. The maximum absolute atomic E-state index is 13.1. The fourth-order valence-electron chi connectivity index (χ4n) is 4.29. The average molecular weight is 300 g/mol. The summed E-state index contributed by atoms with van der Waals surface area (Å²) in [5.74, 6) is 0.231. The van der Waals surface area contributed by atoms with Gasteiger partial charge in [0.25, 0.3) is 5.91 Å². The number of benzene rings is 1. The molecular weight excluding hydrogens is 272 g/mol. The highest BCUT2D eigenvalue weighted by molar-refractivity contribution is 5.95. The SMILES string of the molecule is CCN(C)C1CN(C(=O)c2ccccc2)C2(CCCCC2)C1. The van der Waals surface area contributed by atoms with Gasteiger partial charge in [-0.05, 0) is 45.0 Å². The number of hydrogen-bond acceptors (Lipinski definition) is 2. The Kier molecular flexibility index (Phi) is 4.53. The molecule has 1 aromatic rings. The van der Waals surface area contributed by atoms with Crippen LogP contribution in [0.2, 0.25) is 0 Å². The first-order valence-electron chi connectivity index (χ1n) is 8.73. The number of carbonyl (C=O) groups excluding carboxylic acids is 1. The molecule has 1 saturated carbocycles. The molecule has 1 aliphatic heterocycles. The van der Waals surface area contributed by atoms with E-state index in [4.69, 9.17) is 0 Å². The summed E-state index contributed by atoms with van der Waals surface area (Å²) in [7, 11) is 2.19. The Hall–Kier alpha value is -1.35. The minimum atomic E-state index is 0.110. The van der Waals surface area contributed by atoms with E-state index in [2.05, 4.69) is 23.8 Å². The zero-order valence-corrected chi connectivity index (χ0v) is 13.9. The number of amides is 1. The van der Waals surface area contributed by atoms with Crippen molar-refractivity contribution in [3.05, 3.63) is 35.9 Å². The third-order valence-corrected chi connectivity index (χ3v) is 5.75. The Morgan fingerprint density at radius 2 is 1.91 bits per heavy atom. The maximum atomic E-state index is 13.1. The molecule has 1 aromatic carbocycles. The van der Waals surface area contributed by atoms with Gasteiger partial charge in [0.2, 0.25) is 0 Å². The van der Waals surface area contributed by atoms with Crippen molar-refractivity contribution in [3.8, 4) is 0 Å². The van der Waals surface area contributed by atoms with Gasteiger partial charge in [-0.1, -0.05) is 44.4 Å². The highest BCUT2D eigenvalue weighted by Crippen LogP contribution is 2.43. The molecule has 1 spiro atoms. The molecule has 3 nitrogen and oxygen atoms in total. The molecular formula is C19H28N2O. The smallest absolute Gasteiger partial charge is 0.254 e. The minimum absolute atomic E-state index is 0.110. The second kappa shape index (κ2) is 6.41. The number of hydrogen-bond donors (Lipinski definition) is 0. The van der Waals surface area contributed by atoms with Crippen LogP contribution in [0.25, 0.3) is 0 Å². The Morgan fingerprint density at radius 3 is 2.55 bits per heavy atom. The van der Waals surface area contributed by atoms with Crippen LogP contribution in [0.3, 0.4) is 0 Å². The highest BCUT2D eigenvalue weighted by atomic mass is 16.2. The first kappa shape index (κ1) is 15.5. The predicted molar refractivity (Wildman–Crippen MR) is 90.0 cm³/mol. The van der Waals surface area contributed by atoms with Crippen LogP contribution in [0.5, 0.6) is 0 Å². The van der Waals surface area contributed by atoms with Crippen LogP contribution in [0.1, 0.15) is 55.8 Å². The lowest BCUT2D eigenvalue weighted by molar-refractivity contribution is 0.0499. The molecule has 1 atom stereocenters. The van der Waals surface area contributed by atoms with Crippen molar-refractivity contribution < 1.29 is 4.79 Å². The molecule has 0 radical (unpaired) electrons. The molecule has 0 bridgehead atoms. The Balaban J connectivity index is 1.87. The second-order valence-corrected chi connectivity index (χ2v) is 7.00. The summed E-state index contributed by atoms with van der Waals surface area (Å²) in [5, 5.41) is 0. The largest absolute Gasteiger partial charge is 0.331 e. The second-order valence-electron chi connectivity index (χ2n) is 7.00. The highest BCUT2D eigenvalue weighted by Gasteiger charge is 2.48. The van der Waals surface area contributed by atoms with E-state index in [1.807, 2.05) is 30.3 Å². The maximum Gasteiger partial charge on any atom is 0.254 e. The number of likely N-dealkylation sites (tertiary alicyclic amines) is 1. The molecule has 1 unspecified atom stereocenters. The van der Waals surface area contributed by atoms with Gasteiger partial charge in [0, 0.05) is 23.7 Å². The number of carbonyl (C=O) groups is 1. The fraction of sp³-hybridized carbons (Fsp3) is 0.632. The van der Waals surface area contributed by atoms with E-state index in [0.29, 0.717) is 6.04 Å². The molecule has 2 aliphatic rings. The van der Waals surface area contributed by atoms with Gasteiger partial charge in [-0.25, -0.2) is 0 Å². The quantitative estimate of drug-likeness (QED) is 0.852. The summed E-state index contributed by atoms with van der Waals surface area (Å²) in [6.07, 6.45) is 7.36. The lowest BCUT2D eigenvalue weighted by Gasteiger charge is -2.41.